The molecule has 0 bridgehead atoms. The van der Waals surface area contributed by atoms with Crippen LogP contribution in [-0.2, 0) is 6.54 Å². The van der Waals surface area contributed by atoms with E-state index in [0.717, 1.165) is 35.6 Å². The summed E-state index contributed by atoms with van der Waals surface area (Å²) in [5.41, 5.74) is 1.12. The molecule has 90 valence electrons. The lowest BCUT2D eigenvalue weighted by Gasteiger charge is -2.12. The van der Waals surface area contributed by atoms with Gasteiger partial charge in [-0.2, -0.15) is 0 Å². The van der Waals surface area contributed by atoms with E-state index >= 15 is 0 Å². The van der Waals surface area contributed by atoms with Crippen LogP contribution in [0.5, 0.6) is 11.6 Å². The zero-order chi connectivity index (χ0) is 11.8. The van der Waals surface area contributed by atoms with Crippen molar-refractivity contribution < 1.29 is 9.47 Å². The highest BCUT2D eigenvalue weighted by Gasteiger charge is 2.24. The van der Waals surface area contributed by atoms with Crippen LogP contribution in [0.1, 0.15) is 0 Å². The van der Waals surface area contributed by atoms with Crippen LogP contribution in [0.2, 0.25) is 0 Å². The molecule has 5 nitrogen and oxygen atoms in total. The van der Waals surface area contributed by atoms with Crippen LogP contribution in [0.3, 0.4) is 0 Å². The average molecular weight is 233 g/mol. The standard InChI is InChI=1S/C12H15N3O2/c1-14(2)5-6-15-10-3-4-13-7-9(10)11-12(15)17-8-16-11/h3-4,7H,5-6,8H2,1-2H3. The van der Waals surface area contributed by atoms with Crippen LogP contribution in [0.4, 0.5) is 0 Å². The maximum absolute atomic E-state index is 5.54. The fourth-order valence-electron chi connectivity index (χ4n) is 2.09. The number of rotatable bonds is 3. The molecule has 0 saturated carbocycles. The Morgan fingerprint density at radius 3 is 3.12 bits per heavy atom. The summed E-state index contributed by atoms with van der Waals surface area (Å²) in [6.45, 7) is 2.14. The Labute approximate surface area is 99.6 Å². The highest BCUT2D eigenvalue weighted by Crippen LogP contribution is 2.41. The minimum atomic E-state index is 0.303. The summed E-state index contributed by atoms with van der Waals surface area (Å²) in [5.74, 6) is 1.65. The largest absolute Gasteiger partial charge is 0.451 e. The van der Waals surface area contributed by atoms with E-state index in [1.807, 2.05) is 12.3 Å². The summed E-state index contributed by atoms with van der Waals surface area (Å²) in [6.07, 6.45) is 3.62. The summed E-state index contributed by atoms with van der Waals surface area (Å²) < 4.78 is 13.2. The predicted octanol–water partition coefficient (Wildman–Crippen LogP) is 1.33. The first-order chi connectivity index (χ1) is 8.27. The van der Waals surface area contributed by atoms with Gasteiger partial charge in [-0.1, -0.05) is 0 Å². The van der Waals surface area contributed by atoms with Gasteiger partial charge in [0.2, 0.25) is 12.7 Å². The van der Waals surface area contributed by atoms with Crippen molar-refractivity contribution in [2.24, 2.45) is 0 Å². The number of pyridine rings is 1. The average Bonchev–Trinajstić information content (AvgIpc) is 2.87. The summed E-state index contributed by atoms with van der Waals surface area (Å²) in [5, 5.41) is 1.03. The number of hydrogen-bond acceptors (Lipinski definition) is 4. The lowest BCUT2D eigenvalue weighted by atomic mass is 10.3. The first kappa shape index (κ1) is 10.4. The van der Waals surface area contributed by atoms with E-state index in [0.29, 0.717) is 6.79 Å². The van der Waals surface area contributed by atoms with Crippen molar-refractivity contribution in [3.8, 4) is 11.6 Å². The minimum absolute atomic E-state index is 0.303. The molecule has 0 aromatic carbocycles. The molecule has 0 N–H and O–H groups in total. The van der Waals surface area contributed by atoms with Gasteiger partial charge in [0, 0.05) is 25.5 Å². The van der Waals surface area contributed by atoms with Gasteiger partial charge in [-0.25, -0.2) is 0 Å². The van der Waals surface area contributed by atoms with Crippen LogP contribution >= 0.6 is 0 Å². The number of hydrogen-bond donors (Lipinski definition) is 0. The van der Waals surface area contributed by atoms with Gasteiger partial charge in [0.1, 0.15) is 0 Å². The maximum Gasteiger partial charge on any atom is 0.241 e. The van der Waals surface area contributed by atoms with Gasteiger partial charge in [0.25, 0.3) is 0 Å². The van der Waals surface area contributed by atoms with Crippen molar-refractivity contribution in [1.29, 1.82) is 0 Å². The van der Waals surface area contributed by atoms with Crippen LogP contribution < -0.4 is 9.47 Å². The summed E-state index contributed by atoms with van der Waals surface area (Å²) >= 11 is 0. The first-order valence-corrected chi connectivity index (χ1v) is 5.64. The molecule has 5 heteroatoms. The molecular weight excluding hydrogens is 218 g/mol. The van der Waals surface area contributed by atoms with Crippen molar-refractivity contribution in [1.82, 2.24) is 14.5 Å². The molecular formula is C12H15N3O2. The molecule has 0 saturated heterocycles. The first-order valence-electron chi connectivity index (χ1n) is 5.64. The summed E-state index contributed by atoms with van der Waals surface area (Å²) in [6, 6.07) is 2.00. The van der Waals surface area contributed by atoms with E-state index in [9.17, 15) is 0 Å². The monoisotopic (exact) mass is 233 g/mol. The third kappa shape index (κ3) is 1.63. The van der Waals surface area contributed by atoms with Crippen molar-refractivity contribution in [3.63, 3.8) is 0 Å². The van der Waals surface area contributed by atoms with Crippen molar-refractivity contribution in [2.75, 3.05) is 27.4 Å². The lowest BCUT2D eigenvalue weighted by molar-refractivity contribution is 0.166. The summed E-state index contributed by atoms with van der Waals surface area (Å²) in [7, 11) is 4.12. The summed E-state index contributed by atoms with van der Waals surface area (Å²) in [4.78, 5) is 6.29. The molecule has 0 aliphatic carbocycles. The smallest absolute Gasteiger partial charge is 0.241 e. The van der Waals surface area contributed by atoms with Crippen LogP contribution in [0.25, 0.3) is 10.9 Å². The van der Waals surface area contributed by atoms with E-state index in [1.165, 1.54) is 0 Å². The Kier molecular flexibility index (Phi) is 2.40. The second kappa shape index (κ2) is 3.92. The molecule has 3 rings (SSSR count). The SMILES string of the molecule is CN(C)CCn1c2c(c3cnccc31)OCO2. The van der Waals surface area contributed by atoms with Gasteiger partial charge in [0.15, 0.2) is 5.75 Å². The van der Waals surface area contributed by atoms with E-state index in [-0.39, 0.29) is 0 Å². The van der Waals surface area contributed by atoms with Crippen molar-refractivity contribution in [3.05, 3.63) is 18.5 Å². The predicted molar refractivity (Wildman–Crippen MR) is 64.4 cm³/mol. The normalized spacial score (nSPS) is 13.8. The Morgan fingerprint density at radius 1 is 1.41 bits per heavy atom. The second-order valence-electron chi connectivity index (χ2n) is 4.39. The molecule has 0 radical (unpaired) electrons. The fraction of sp³-hybridized carbons (Fsp3) is 0.417. The molecule has 2 aromatic rings. The Hall–Kier alpha value is -1.75. The van der Waals surface area contributed by atoms with E-state index in [2.05, 4.69) is 28.5 Å². The van der Waals surface area contributed by atoms with Crippen molar-refractivity contribution in [2.45, 2.75) is 6.54 Å². The number of fused-ring (bicyclic) bond motifs is 3. The molecule has 3 heterocycles. The number of likely N-dealkylation sites (N-methyl/N-ethyl adjacent to an activating group) is 1. The molecule has 0 atom stereocenters. The molecule has 0 fully saturated rings. The van der Waals surface area contributed by atoms with Gasteiger partial charge in [-0.3, -0.25) is 4.98 Å². The fourth-order valence-corrected chi connectivity index (χ4v) is 2.09. The van der Waals surface area contributed by atoms with Gasteiger partial charge < -0.3 is 18.9 Å². The molecule has 2 aromatic heterocycles. The molecule has 0 unspecified atom stereocenters. The highest BCUT2D eigenvalue weighted by molar-refractivity contribution is 5.89. The van der Waals surface area contributed by atoms with Gasteiger partial charge in [0.05, 0.1) is 10.9 Å². The zero-order valence-electron chi connectivity index (χ0n) is 10.0. The maximum atomic E-state index is 5.54. The molecule has 0 spiro atoms. The highest BCUT2D eigenvalue weighted by atomic mass is 16.7. The van der Waals surface area contributed by atoms with Crippen molar-refractivity contribution >= 4 is 10.9 Å². The van der Waals surface area contributed by atoms with Crippen LogP contribution in [0, 0.1) is 0 Å². The second-order valence-corrected chi connectivity index (χ2v) is 4.39. The number of ether oxygens (including phenoxy) is 2. The molecule has 17 heavy (non-hydrogen) atoms. The zero-order valence-corrected chi connectivity index (χ0v) is 10.0. The Morgan fingerprint density at radius 2 is 2.29 bits per heavy atom. The third-order valence-electron chi connectivity index (χ3n) is 2.94. The van der Waals surface area contributed by atoms with Gasteiger partial charge in [-0.05, 0) is 20.2 Å². The Bertz CT molecular complexity index is 548. The van der Waals surface area contributed by atoms with E-state index in [1.54, 1.807) is 6.20 Å². The van der Waals surface area contributed by atoms with Gasteiger partial charge >= 0.3 is 0 Å². The number of nitrogens with zero attached hydrogens (tertiary/aromatic N) is 3. The third-order valence-corrected chi connectivity index (χ3v) is 2.94. The van der Waals surface area contributed by atoms with E-state index in [4.69, 9.17) is 9.47 Å². The van der Waals surface area contributed by atoms with Gasteiger partial charge in [-0.15, -0.1) is 0 Å². The number of aromatic nitrogens is 2. The topological polar surface area (TPSA) is 39.5 Å². The minimum Gasteiger partial charge on any atom is -0.451 e. The van der Waals surface area contributed by atoms with Crippen LogP contribution in [0.15, 0.2) is 18.5 Å². The quantitative estimate of drug-likeness (QED) is 0.801. The molecule has 1 aliphatic heterocycles. The molecule has 1 aliphatic rings. The van der Waals surface area contributed by atoms with E-state index < -0.39 is 0 Å². The molecule has 0 amide bonds. The lowest BCUT2D eigenvalue weighted by Crippen LogP contribution is -2.18. The van der Waals surface area contributed by atoms with Crippen LogP contribution in [-0.4, -0.2) is 41.9 Å². The Balaban J connectivity index is 2.09.